The zero-order chi connectivity index (χ0) is 28.6. The lowest BCUT2D eigenvalue weighted by atomic mass is 9.78. The number of carbonyl (C=O) groups is 1. The SMILES string of the molecule is CCc1ccc(C2CCC(OC(=O)OC3CCC(c4ccc(CC)c(CC)c4CC)CC3)CC2)c(CC)c1CC. The van der Waals surface area contributed by atoms with Gasteiger partial charge in [0, 0.05) is 0 Å². The van der Waals surface area contributed by atoms with Crippen molar-refractivity contribution in [2.45, 2.75) is 155 Å². The van der Waals surface area contributed by atoms with Gasteiger partial charge in [0.05, 0.1) is 0 Å². The van der Waals surface area contributed by atoms with E-state index in [1.807, 2.05) is 0 Å². The second-order valence-corrected chi connectivity index (χ2v) is 12.1. The lowest BCUT2D eigenvalue weighted by Crippen LogP contribution is -2.29. The van der Waals surface area contributed by atoms with E-state index in [4.69, 9.17) is 9.47 Å². The summed E-state index contributed by atoms with van der Waals surface area (Å²) in [5, 5.41) is 0. The Labute approximate surface area is 244 Å². The van der Waals surface area contributed by atoms with Crippen LogP contribution in [0.4, 0.5) is 4.79 Å². The van der Waals surface area contributed by atoms with Gasteiger partial charge in [-0.15, -0.1) is 0 Å². The fourth-order valence-corrected chi connectivity index (χ4v) is 7.95. The summed E-state index contributed by atoms with van der Waals surface area (Å²) in [6, 6.07) is 9.48. The van der Waals surface area contributed by atoms with E-state index < -0.39 is 6.16 Å². The molecule has 4 rings (SSSR count). The molecule has 0 spiro atoms. The summed E-state index contributed by atoms with van der Waals surface area (Å²) in [6.07, 6.45) is 14.2. The van der Waals surface area contributed by atoms with Gasteiger partial charge in [-0.05, 0) is 146 Å². The van der Waals surface area contributed by atoms with Crippen LogP contribution in [0.25, 0.3) is 0 Å². The van der Waals surface area contributed by atoms with Crippen molar-refractivity contribution in [3.05, 3.63) is 68.8 Å². The summed E-state index contributed by atoms with van der Waals surface area (Å²) >= 11 is 0. The Balaban J connectivity index is 1.27. The van der Waals surface area contributed by atoms with Crippen molar-refractivity contribution in [2.24, 2.45) is 0 Å². The third-order valence-corrected chi connectivity index (χ3v) is 10.1. The fourth-order valence-electron chi connectivity index (χ4n) is 7.95. The second kappa shape index (κ2) is 14.6. The quantitative estimate of drug-likeness (QED) is 0.278. The van der Waals surface area contributed by atoms with E-state index in [9.17, 15) is 4.79 Å². The van der Waals surface area contributed by atoms with Crippen molar-refractivity contribution in [1.29, 1.82) is 0 Å². The third-order valence-electron chi connectivity index (χ3n) is 10.1. The second-order valence-electron chi connectivity index (χ2n) is 12.1. The average Bonchev–Trinajstić information content (AvgIpc) is 3.00. The summed E-state index contributed by atoms with van der Waals surface area (Å²) in [4.78, 5) is 12.7. The number of benzene rings is 2. The lowest BCUT2D eigenvalue weighted by molar-refractivity contribution is -0.0215. The molecule has 0 aromatic heterocycles. The molecule has 2 fully saturated rings. The molecular formula is C37H54O3. The van der Waals surface area contributed by atoms with E-state index >= 15 is 0 Å². The first-order chi connectivity index (χ1) is 19.5. The Kier molecular flexibility index (Phi) is 11.2. The molecule has 2 saturated carbocycles. The highest BCUT2D eigenvalue weighted by Gasteiger charge is 2.30. The van der Waals surface area contributed by atoms with Gasteiger partial charge in [-0.25, -0.2) is 4.79 Å². The summed E-state index contributed by atoms with van der Waals surface area (Å²) in [6.45, 7) is 13.7. The number of hydrogen-bond acceptors (Lipinski definition) is 3. The normalized spacial score (nSPS) is 23.1. The molecule has 0 radical (unpaired) electrons. The Morgan fingerprint density at radius 1 is 0.525 bits per heavy atom. The van der Waals surface area contributed by atoms with Gasteiger partial charge in [0.2, 0.25) is 0 Å². The molecule has 0 unspecified atom stereocenters. The molecule has 2 aromatic carbocycles. The van der Waals surface area contributed by atoms with Crippen molar-refractivity contribution in [3.63, 3.8) is 0 Å². The molecule has 0 aliphatic heterocycles. The maximum absolute atomic E-state index is 12.7. The summed E-state index contributed by atoms with van der Waals surface area (Å²) in [5.74, 6) is 1.15. The van der Waals surface area contributed by atoms with Crippen LogP contribution >= 0.6 is 0 Å². The van der Waals surface area contributed by atoms with E-state index in [0.717, 1.165) is 89.9 Å². The third kappa shape index (κ3) is 6.77. The monoisotopic (exact) mass is 546 g/mol. The van der Waals surface area contributed by atoms with Crippen LogP contribution in [-0.4, -0.2) is 18.4 Å². The van der Waals surface area contributed by atoms with Crippen LogP contribution in [0.3, 0.4) is 0 Å². The van der Waals surface area contributed by atoms with Crippen molar-refractivity contribution >= 4 is 6.16 Å². The highest BCUT2D eigenvalue weighted by atomic mass is 16.7. The van der Waals surface area contributed by atoms with Crippen molar-refractivity contribution in [2.75, 3.05) is 0 Å². The van der Waals surface area contributed by atoms with E-state index in [2.05, 4.69) is 65.8 Å². The molecule has 3 heteroatoms. The minimum absolute atomic E-state index is 0.0117. The Bertz CT molecular complexity index is 1030. The van der Waals surface area contributed by atoms with Crippen LogP contribution in [0.5, 0.6) is 0 Å². The van der Waals surface area contributed by atoms with Crippen LogP contribution < -0.4 is 0 Å². The first-order valence-corrected chi connectivity index (χ1v) is 16.6. The number of hydrogen-bond donors (Lipinski definition) is 0. The predicted octanol–water partition coefficient (Wildman–Crippen LogP) is 9.97. The fraction of sp³-hybridized carbons (Fsp3) is 0.649. The van der Waals surface area contributed by atoms with Crippen LogP contribution in [0.15, 0.2) is 24.3 Å². The number of ether oxygens (including phenoxy) is 2. The van der Waals surface area contributed by atoms with E-state index in [1.54, 1.807) is 22.3 Å². The van der Waals surface area contributed by atoms with Crippen LogP contribution in [-0.2, 0) is 48.0 Å². The largest absolute Gasteiger partial charge is 0.508 e. The lowest BCUT2D eigenvalue weighted by Gasteiger charge is -2.32. The number of rotatable bonds is 10. The van der Waals surface area contributed by atoms with Gasteiger partial charge in [0.1, 0.15) is 12.2 Å². The van der Waals surface area contributed by atoms with Gasteiger partial charge in [-0.1, -0.05) is 65.8 Å². The maximum atomic E-state index is 12.7. The molecule has 3 nitrogen and oxygen atoms in total. The van der Waals surface area contributed by atoms with Crippen LogP contribution in [0.2, 0.25) is 0 Å². The number of aryl methyl sites for hydroxylation is 2. The molecule has 0 bridgehead atoms. The molecular weight excluding hydrogens is 492 g/mol. The molecule has 2 aliphatic carbocycles. The molecule has 0 atom stereocenters. The summed E-state index contributed by atoms with van der Waals surface area (Å²) < 4.78 is 11.7. The molecule has 0 saturated heterocycles. The Morgan fingerprint density at radius 2 is 0.875 bits per heavy atom. The zero-order valence-corrected chi connectivity index (χ0v) is 26.2. The average molecular weight is 547 g/mol. The predicted molar refractivity (Wildman–Crippen MR) is 167 cm³/mol. The minimum Gasteiger partial charge on any atom is -0.431 e. The van der Waals surface area contributed by atoms with Gasteiger partial charge in [-0.2, -0.15) is 0 Å². The molecule has 0 N–H and O–H groups in total. The Morgan fingerprint density at radius 3 is 1.18 bits per heavy atom. The standard InChI is InChI=1S/C37H54O3/c1-7-25-17-23-35(33(11-5)31(25)9-3)27-13-19-29(20-14-27)39-37(38)40-30-21-15-28(16-22-30)36-24-18-26(8-2)32(10-4)34(36)12-6/h17-18,23-24,27-30H,7-16,19-22H2,1-6H3. The van der Waals surface area contributed by atoms with Gasteiger partial charge in [0.15, 0.2) is 0 Å². The van der Waals surface area contributed by atoms with Gasteiger partial charge >= 0.3 is 6.16 Å². The molecule has 0 amide bonds. The highest BCUT2D eigenvalue weighted by molar-refractivity contribution is 5.60. The van der Waals surface area contributed by atoms with E-state index in [1.165, 1.54) is 22.3 Å². The molecule has 2 aromatic rings. The summed E-state index contributed by atoms with van der Waals surface area (Å²) in [7, 11) is 0. The van der Waals surface area contributed by atoms with Crippen molar-refractivity contribution < 1.29 is 14.3 Å². The minimum atomic E-state index is -0.448. The molecule has 2 aliphatic rings. The Hall–Kier alpha value is -2.29. The van der Waals surface area contributed by atoms with Gasteiger partial charge in [-0.3, -0.25) is 0 Å². The molecule has 0 heterocycles. The van der Waals surface area contributed by atoms with Crippen LogP contribution in [0, 0.1) is 0 Å². The van der Waals surface area contributed by atoms with Crippen molar-refractivity contribution in [1.82, 2.24) is 0 Å². The van der Waals surface area contributed by atoms with Gasteiger partial charge in [0.25, 0.3) is 0 Å². The maximum Gasteiger partial charge on any atom is 0.508 e. The highest BCUT2D eigenvalue weighted by Crippen LogP contribution is 2.40. The topological polar surface area (TPSA) is 35.5 Å². The summed E-state index contributed by atoms with van der Waals surface area (Å²) in [5.41, 5.74) is 12.3. The number of carbonyl (C=O) groups excluding carboxylic acids is 1. The molecule has 220 valence electrons. The van der Waals surface area contributed by atoms with E-state index in [0.29, 0.717) is 11.8 Å². The first kappa shape index (κ1) is 30.7. The first-order valence-electron chi connectivity index (χ1n) is 16.6. The molecule has 40 heavy (non-hydrogen) atoms. The van der Waals surface area contributed by atoms with Crippen LogP contribution in [0.1, 0.15) is 149 Å². The van der Waals surface area contributed by atoms with Gasteiger partial charge < -0.3 is 9.47 Å². The van der Waals surface area contributed by atoms with E-state index in [-0.39, 0.29) is 12.2 Å². The zero-order valence-electron chi connectivity index (χ0n) is 26.2. The smallest absolute Gasteiger partial charge is 0.431 e. The van der Waals surface area contributed by atoms with Crippen molar-refractivity contribution in [3.8, 4) is 0 Å².